The van der Waals surface area contributed by atoms with E-state index < -0.39 is 23.8 Å². The molecule has 0 heterocycles. The molecule has 0 radical (unpaired) electrons. The van der Waals surface area contributed by atoms with Crippen LogP contribution in [0.15, 0.2) is 36.4 Å². The number of carbonyl (C=O) groups excluding carboxylic acids is 3. The molecule has 0 spiro atoms. The van der Waals surface area contributed by atoms with Gasteiger partial charge in [0.2, 0.25) is 5.91 Å². The van der Waals surface area contributed by atoms with Gasteiger partial charge in [0.15, 0.2) is 0 Å². The molecular formula is C31H45N3O4. The zero-order valence-electron chi connectivity index (χ0n) is 24.7. The summed E-state index contributed by atoms with van der Waals surface area (Å²) in [6.07, 6.45) is 0.00226. The van der Waals surface area contributed by atoms with Crippen molar-refractivity contribution in [1.82, 2.24) is 10.2 Å². The molecule has 3 unspecified atom stereocenters. The third kappa shape index (κ3) is 7.59. The van der Waals surface area contributed by atoms with Gasteiger partial charge in [-0.05, 0) is 89.1 Å². The van der Waals surface area contributed by atoms with Gasteiger partial charge in [0.25, 0.3) is 5.91 Å². The summed E-state index contributed by atoms with van der Waals surface area (Å²) in [7, 11) is 0. The van der Waals surface area contributed by atoms with Gasteiger partial charge < -0.3 is 20.3 Å². The molecule has 2 aromatic carbocycles. The molecule has 0 aliphatic heterocycles. The number of benzene rings is 2. The van der Waals surface area contributed by atoms with Crippen molar-refractivity contribution in [2.24, 2.45) is 5.92 Å². The number of anilines is 1. The highest BCUT2D eigenvalue weighted by atomic mass is 16.6. The van der Waals surface area contributed by atoms with Gasteiger partial charge >= 0.3 is 6.09 Å². The molecular weight excluding hydrogens is 478 g/mol. The molecule has 0 aliphatic carbocycles. The first-order valence-electron chi connectivity index (χ1n) is 13.4. The largest absolute Gasteiger partial charge is 0.444 e. The summed E-state index contributed by atoms with van der Waals surface area (Å²) in [5.74, 6) is -0.799. The van der Waals surface area contributed by atoms with Crippen LogP contribution >= 0.6 is 0 Å². The van der Waals surface area contributed by atoms with E-state index in [9.17, 15) is 14.4 Å². The standard InChI is InChI=1S/C31H45N3O4/c1-11-19(3)26(33-30(37)38-31(8,9)10)29(36)34(12-2)27(24-18-14-15-20(4)23(24)7)28(35)32-25-21(5)16-13-17-22(25)6/h13-19,26-27H,11-12H2,1-10H3,(H,32,35)(H,33,37). The van der Waals surface area contributed by atoms with Crippen LogP contribution in [0.3, 0.4) is 0 Å². The van der Waals surface area contributed by atoms with Crippen LogP contribution < -0.4 is 10.6 Å². The lowest BCUT2D eigenvalue weighted by Crippen LogP contribution is -2.54. The van der Waals surface area contributed by atoms with Gasteiger partial charge in [-0.2, -0.15) is 0 Å². The number of hydrogen-bond donors (Lipinski definition) is 2. The van der Waals surface area contributed by atoms with Crippen LogP contribution in [0.5, 0.6) is 0 Å². The van der Waals surface area contributed by atoms with Crippen molar-refractivity contribution < 1.29 is 19.1 Å². The minimum atomic E-state index is -0.890. The Morgan fingerprint density at radius 3 is 2.00 bits per heavy atom. The summed E-state index contributed by atoms with van der Waals surface area (Å²) in [6, 6.07) is 9.89. The van der Waals surface area contributed by atoms with Gasteiger partial charge in [-0.15, -0.1) is 0 Å². The smallest absolute Gasteiger partial charge is 0.408 e. The summed E-state index contributed by atoms with van der Waals surface area (Å²) in [5, 5.41) is 5.90. The lowest BCUT2D eigenvalue weighted by atomic mass is 9.93. The highest BCUT2D eigenvalue weighted by molar-refractivity contribution is 6.00. The maximum atomic E-state index is 14.2. The van der Waals surface area contributed by atoms with E-state index >= 15 is 0 Å². The van der Waals surface area contributed by atoms with Crippen LogP contribution in [0, 0.1) is 33.6 Å². The molecule has 7 heteroatoms. The monoisotopic (exact) mass is 523 g/mol. The Bertz CT molecular complexity index is 1130. The minimum absolute atomic E-state index is 0.176. The van der Waals surface area contributed by atoms with E-state index in [4.69, 9.17) is 4.74 Å². The number of alkyl carbamates (subject to hydrolysis) is 1. The predicted octanol–water partition coefficient (Wildman–Crippen LogP) is 6.39. The fraction of sp³-hybridized carbons (Fsp3) is 0.516. The Hall–Kier alpha value is -3.35. The molecule has 208 valence electrons. The summed E-state index contributed by atoms with van der Waals surface area (Å²) >= 11 is 0. The molecule has 0 saturated heterocycles. The van der Waals surface area contributed by atoms with Crippen molar-refractivity contribution >= 4 is 23.6 Å². The van der Waals surface area contributed by atoms with Gasteiger partial charge in [0.05, 0.1) is 0 Å². The molecule has 0 bridgehead atoms. The second-order valence-corrected chi connectivity index (χ2v) is 11.1. The topological polar surface area (TPSA) is 87.7 Å². The maximum absolute atomic E-state index is 14.2. The Morgan fingerprint density at radius 2 is 1.47 bits per heavy atom. The highest BCUT2D eigenvalue weighted by Crippen LogP contribution is 2.30. The van der Waals surface area contributed by atoms with Crippen LogP contribution in [-0.2, 0) is 14.3 Å². The number of para-hydroxylation sites is 1. The predicted molar refractivity (Wildman–Crippen MR) is 153 cm³/mol. The third-order valence-corrected chi connectivity index (χ3v) is 7.01. The average Bonchev–Trinajstić information content (AvgIpc) is 2.83. The summed E-state index contributed by atoms with van der Waals surface area (Å²) in [6.45, 7) is 19.2. The van der Waals surface area contributed by atoms with E-state index in [2.05, 4.69) is 10.6 Å². The van der Waals surface area contributed by atoms with Crippen LogP contribution in [0.1, 0.15) is 81.8 Å². The fourth-order valence-electron chi connectivity index (χ4n) is 4.49. The van der Waals surface area contributed by atoms with Crippen molar-refractivity contribution in [2.75, 3.05) is 11.9 Å². The summed E-state index contributed by atoms with van der Waals surface area (Å²) < 4.78 is 5.46. The number of nitrogens with one attached hydrogen (secondary N) is 2. The maximum Gasteiger partial charge on any atom is 0.408 e. The molecule has 2 aromatic rings. The number of amides is 3. The zero-order valence-corrected chi connectivity index (χ0v) is 24.7. The first kappa shape index (κ1) is 30.9. The van der Waals surface area contributed by atoms with E-state index in [-0.39, 0.29) is 24.3 Å². The van der Waals surface area contributed by atoms with Crippen LogP contribution in [-0.4, -0.2) is 41.0 Å². The van der Waals surface area contributed by atoms with Crippen LogP contribution in [0.25, 0.3) is 0 Å². The Kier molecular flexibility index (Phi) is 10.5. The van der Waals surface area contributed by atoms with Gasteiger partial charge in [0.1, 0.15) is 17.7 Å². The van der Waals surface area contributed by atoms with E-state index in [1.165, 1.54) is 0 Å². The van der Waals surface area contributed by atoms with Crippen LogP contribution in [0.4, 0.5) is 10.5 Å². The van der Waals surface area contributed by atoms with Crippen molar-refractivity contribution in [1.29, 1.82) is 0 Å². The quantitative estimate of drug-likeness (QED) is 0.399. The SMILES string of the molecule is CCC(C)C(NC(=O)OC(C)(C)C)C(=O)N(CC)C(C(=O)Nc1c(C)cccc1C)c1cccc(C)c1C. The number of aryl methyl sites for hydroxylation is 3. The first-order valence-corrected chi connectivity index (χ1v) is 13.4. The second kappa shape index (κ2) is 12.9. The second-order valence-electron chi connectivity index (χ2n) is 11.1. The average molecular weight is 524 g/mol. The Balaban J connectivity index is 2.58. The zero-order chi connectivity index (χ0) is 28.8. The molecule has 3 atom stereocenters. The van der Waals surface area contributed by atoms with Gasteiger partial charge in [0, 0.05) is 12.2 Å². The Labute approximate surface area is 228 Å². The minimum Gasteiger partial charge on any atom is -0.444 e. The van der Waals surface area contributed by atoms with Gasteiger partial charge in [-0.25, -0.2) is 4.79 Å². The number of rotatable bonds is 9. The summed E-state index contributed by atoms with van der Waals surface area (Å²) in [4.78, 5) is 42.5. The van der Waals surface area contributed by atoms with Crippen molar-refractivity contribution in [2.45, 2.75) is 93.3 Å². The number of ether oxygens (including phenoxy) is 1. The van der Waals surface area contributed by atoms with Crippen molar-refractivity contribution in [3.8, 4) is 0 Å². The van der Waals surface area contributed by atoms with E-state index in [0.717, 1.165) is 33.5 Å². The molecule has 38 heavy (non-hydrogen) atoms. The molecule has 3 amide bonds. The summed E-state index contributed by atoms with van der Waals surface area (Å²) in [5.41, 5.74) is 4.64. The third-order valence-electron chi connectivity index (χ3n) is 7.01. The molecule has 7 nitrogen and oxygen atoms in total. The lowest BCUT2D eigenvalue weighted by molar-refractivity contribution is -0.141. The van der Waals surface area contributed by atoms with Gasteiger partial charge in [-0.3, -0.25) is 9.59 Å². The molecule has 0 aliphatic rings. The van der Waals surface area contributed by atoms with E-state index in [0.29, 0.717) is 6.42 Å². The normalized spacial score (nSPS) is 13.7. The number of likely N-dealkylation sites (N-methyl/N-ethyl adjacent to an activating group) is 1. The first-order chi connectivity index (χ1) is 17.7. The lowest BCUT2D eigenvalue weighted by Gasteiger charge is -2.36. The molecule has 2 N–H and O–H groups in total. The Morgan fingerprint density at radius 1 is 0.921 bits per heavy atom. The van der Waals surface area contributed by atoms with Crippen molar-refractivity contribution in [3.63, 3.8) is 0 Å². The molecule has 0 aromatic heterocycles. The van der Waals surface area contributed by atoms with E-state index in [1.54, 1.807) is 25.7 Å². The van der Waals surface area contributed by atoms with Crippen molar-refractivity contribution in [3.05, 3.63) is 64.2 Å². The van der Waals surface area contributed by atoms with Crippen LogP contribution in [0.2, 0.25) is 0 Å². The van der Waals surface area contributed by atoms with E-state index in [1.807, 2.05) is 84.9 Å². The highest BCUT2D eigenvalue weighted by Gasteiger charge is 2.38. The fourth-order valence-corrected chi connectivity index (χ4v) is 4.49. The molecule has 2 rings (SSSR count). The molecule has 0 fully saturated rings. The number of carbonyl (C=O) groups is 3. The van der Waals surface area contributed by atoms with Gasteiger partial charge in [-0.1, -0.05) is 56.7 Å². The number of nitrogens with zero attached hydrogens (tertiary/aromatic N) is 1. The molecule has 0 saturated carbocycles. The number of hydrogen-bond acceptors (Lipinski definition) is 4.